The number of carbonyl (C=O) groups is 2. The Kier molecular flexibility index (Phi) is 6.97. The van der Waals surface area contributed by atoms with E-state index in [1.165, 1.54) is 0 Å². The standard InChI is InChI=1S/C19H29N3O4/c1-19(2,3)26-18(25)22-12-8-14(9-13-22)7-11-21-17(24)16(23)15-6-4-5-10-20-15/h4-6,10,14,16,23H,7-9,11-13H2,1-3H3,(H,21,24). The zero-order chi connectivity index (χ0) is 19.2. The zero-order valence-electron chi connectivity index (χ0n) is 15.8. The first-order valence-electron chi connectivity index (χ1n) is 9.11. The summed E-state index contributed by atoms with van der Waals surface area (Å²) in [6, 6.07) is 5.09. The maximum Gasteiger partial charge on any atom is 0.410 e. The van der Waals surface area contributed by atoms with Crippen LogP contribution in [0.2, 0.25) is 0 Å². The minimum absolute atomic E-state index is 0.261. The molecule has 1 aliphatic heterocycles. The zero-order valence-corrected chi connectivity index (χ0v) is 15.8. The summed E-state index contributed by atoms with van der Waals surface area (Å²) >= 11 is 0. The maximum atomic E-state index is 12.0. The van der Waals surface area contributed by atoms with Crippen LogP contribution in [0.15, 0.2) is 24.4 Å². The van der Waals surface area contributed by atoms with Gasteiger partial charge in [0, 0.05) is 25.8 Å². The second-order valence-corrected chi connectivity index (χ2v) is 7.65. The molecule has 0 radical (unpaired) electrons. The lowest BCUT2D eigenvalue weighted by Gasteiger charge is -2.33. The molecule has 2 N–H and O–H groups in total. The number of ether oxygens (including phenoxy) is 1. The van der Waals surface area contributed by atoms with Crippen molar-refractivity contribution in [2.75, 3.05) is 19.6 Å². The molecule has 1 aliphatic rings. The van der Waals surface area contributed by atoms with Gasteiger partial charge < -0.3 is 20.1 Å². The lowest BCUT2D eigenvalue weighted by molar-refractivity contribution is -0.129. The van der Waals surface area contributed by atoms with Gasteiger partial charge >= 0.3 is 6.09 Å². The quantitative estimate of drug-likeness (QED) is 0.837. The Bertz CT molecular complexity index is 593. The summed E-state index contributed by atoms with van der Waals surface area (Å²) in [7, 11) is 0. The highest BCUT2D eigenvalue weighted by Gasteiger charge is 2.27. The molecule has 7 heteroatoms. The van der Waals surface area contributed by atoms with Gasteiger partial charge in [-0.3, -0.25) is 9.78 Å². The van der Waals surface area contributed by atoms with Gasteiger partial charge in [-0.1, -0.05) is 6.07 Å². The molecular formula is C19H29N3O4. The van der Waals surface area contributed by atoms with Gasteiger partial charge in [-0.05, 0) is 58.1 Å². The number of pyridine rings is 1. The van der Waals surface area contributed by atoms with Gasteiger partial charge in [-0.25, -0.2) is 4.79 Å². The maximum absolute atomic E-state index is 12.0. The third kappa shape index (κ3) is 6.29. The first kappa shape index (κ1) is 20.2. The van der Waals surface area contributed by atoms with Gasteiger partial charge in [0.2, 0.25) is 0 Å². The van der Waals surface area contributed by atoms with Crippen LogP contribution in [0.1, 0.15) is 51.8 Å². The lowest BCUT2D eigenvalue weighted by Crippen LogP contribution is -2.42. The summed E-state index contributed by atoms with van der Waals surface area (Å²) in [6.45, 7) is 7.42. The van der Waals surface area contributed by atoms with Crippen molar-refractivity contribution < 1.29 is 19.4 Å². The van der Waals surface area contributed by atoms with Crippen molar-refractivity contribution in [2.24, 2.45) is 5.92 Å². The number of carbonyl (C=O) groups excluding carboxylic acids is 2. The number of amides is 2. The summed E-state index contributed by atoms with van der Waals surface area (Å²) in [6.07, 6.45) is 2.64. The molecular weight excluding hydrogens is 334 g/mol. The molecule has 0 spiro atoms. The molecule has 1 fully saturated rings. The molecule has 0 bridgehead atoms. The van der Waals surface area contributed by atoms with Crippen LogP contribution in [-0.2, 0) is 9.53 Å². The third-order valence-corrected chi connectivity index (χ3v) is 4.33. The van der Waals surface area contributed by atoms with Crippen molar-refractivity contribution in [1.29, 1.82) is 0 Å². The molecule has 1 unspecified atom stereocenters. The molecule has 1 saturated heterocycles. The Morgan fingerprint density at radius 3 is 2.62 bits per heavy atom. The van der Waals surface area contributed by atoms with Crippen LogP contribution < -0.4 is 5.32 Å². The Morgan fingerprint density at radius 2 is 2.04 bits per heavy atom. The first-order valence-corrected chi connectivity index (χ1v) is 9.11. The molecule has 1 aromatic heterocycles. The number of rotatable bonds is 5. The number of nitrogens with zero attached hydrogens (tertiary/aromatic N) is 2. The molecule has 0 aliphatic carbocycles. The molecule has 144 valence electrons. The molecule has 1 aromatic rings. The van der Waals surface area contributed by atoms with Crippen molar-refractivity contribution in [3.05, 3.63) is 30.1 Å². The summed E-state index contributed by atoms with van der Waals surface area (Å²) in [5.41, 5.74) is -0.136. The van der Waals surface area contributed by atoms with Crippen LogP contribution in [0.4, 0.5) is 4.79 Å². The minimum Gasteiger partial charge on any atom is -0.444 e. The van der Waals surface area contributed by atoms with Crippen molar-refractivity contribution in [3.8, 4) is 0 Å². The Labute approximate surface area is 154 Å². The average Bonchev–Trinajstić information content (AvgIpc) is 2.61. The topological polar surface area (TPSA) is 91.8 Å². The summed E-state index contributed by atoms with van der Waals surface area (Å²) < 4.78 is 5.39. The molecule has 26 heavy (non-hydrogen) atoms. The van der Waals surface area contributed by atoms with E-state index in [0.717, 1.165) is 19.3 Å². The summed E-state index contributed by atoms with van der Waals surface area (Å²) in [5.74, 6) is 0.0101. The minimum atomic E-state index is -1.25. The predicted octanol–water partition coefficient (Wildman–Crippen LogP) is 2.27. The van der Waals surface area contributed by atoms with E-state index in [-0.39, 0.29) is 6.09 Å². The van der Waals surface area contributed by atoms with Crippen LogP contribution >= 0.6 is 0 Å². The van der Waals surface area contributed by atoms with E-state index in [0.29, 0.717) is 31.2 Å². The van der Waals surface area contributed by atoms with Crippen molar-refractivity contribution in [3.63, 3.8) is 0 Å². The van der Waals surface area contributed by atoms with E-state index < -0.39 is 17.6 Å². The van der Waals surface area contributed by atoms with Crippen LogP contribution in [0.3, 0.4) is 0 Å². The van der Waals surface area contributed by atoms with Crippen LogP contribution in [-0.4, -0.2) is 52.2 Å². The normalized spacial score (nSPS) is 16.8. The Morgan fingerprint density at radius 1 is 1.35 bits per heavy atom. The van der Waals surface area contributed by atoms with E-state index in [2.05, 4.69) is 10.3 Å². The molecule has 2 rings (SSSR count). The van der Waals surface area contributed by atoms with Crippen molar-refractivity contribution >= 4 is 12.0 Å². The first-order chi connectivity index (χ1) is 12.3. The fraction of sp³-hybridized carbons (Fsp3) is 0.632. The molecule has 0 saturated carbocycles. The average molecular weight is 363 g/mol. The number of hydrogen-bond acceptors (Lipinski definition) is 5. The molecule has 1 atom stereocenters. The second kappa shape index (κ2) is 8.98. The van der Waals surface area contributed by atoms with Gasteiger partial charge in [0.15, 0.2) is 6.10 Å². The number of aromatic nitrogens is 1. The van der Waals surface area contributed by atoms with E-state index in [9.17, 15) is 14.7 Å². The van der Waals surface area contributed by atoms with E-state index in [4.69, 9.17) is 4.74 Å². The molecule has 7 nitrogen and oxygen atoms in total. The summed E-state index contributed by atoms with van der Waals surface area (Å²) in [5, 5.41) is 12.7. The number of likely N-dealkylation sites (tertiary alicyclic amines) is 1. The third-order valence-electron chi connectivity index (χ3n) is 4.33. The SMILES string of the molecule is CC(C)(C)OC(=O)N1CCC(CCNC(=O)C(O)c2ccccn2)CC1. The Hall–Kier alpha value is -2.15. The number of hydrogen-bond donors (Lipinski definition) is 2. The lowest BCUT2D eigenvalue weighted by atomic mass is 9.94. The van der Waals surface area contributed by atoms with Crippen LogP contribution in [0, 0.1) is 5.92 Å². The number of nitrogens with one attached hydrogen (secondary N) is 1. The Balaban J connectivity index is 1.67. The molecule has 0 aromatic carbocycles. The van der Waals surface area contributed by atoms with E-state index >= 15 is 0 Å². The van der Waals surface area contributed by atoms with E-state index in [1.807, 2.05) is 20.8 Å². The van der Waals surface area contributed by atoms with Crippen LogP contribution in [0.5, 0.6) is 0 Å². The largest absolute Gasteiger partial charge is 0.444 e. The second-order valence-electron chi connectivity index (χ2n) is 7.65. The van der Waals surface area contributed by atoms with Crippen molar-refractivity contribution in [1.82, 2.24) is 15.2 Å². The van der Waals surface area contributed by atoms with Crippen LogP contribution in [0.25, 0.3) is 0 Å². The number of piperidine rings is 1. The smallest absolute Gasteiger partial charge is 0.410 e. The van der Waals surface area contributed by atoms with Gasteiger partial charge in [0.05, 0.1) is 5.69 Å². The highest BCUT2D eigenvalue weighted by atomic mass is 16.6. The molecule has 2 amide bonds. The monoisotopic (exact) mass is 363 g/mol. The highest BCUT2D eigenvalue weighted by Crippen LogP contribution is 2.22. The van der Waals surface area contributed by atoms with Crippen molar-refractivity contribution in [2.45, 2.75) is 51.7 Å². The fourth-order valence-electron chi connectivity index (χ4n) is 2.90. The fourth-order valence-corrected chi connectivity index (χ4v) is 2.90. The predicted molar refractivity (Wildman–Crippen MR) is 97.4 cm³/mol. The van der Waals surface area contributed by atoms with Gasteiger partial charge in [-0.15, -0.1) is 0 Å². The van der Waals surface area contributed by atoms with Gasteiger partial charge in [-0.2, -0.15) is 0 Å². The van der Waals surface area contributed by atoms with Gasteiger partial charge in [0.25, 0.3) is 5.91 Å². The molecule has 2 heterocycles. The van der Waals surface area contributed by atoms with E-state index in [1.54, 1.807) is 29.3 Å². The number of aliphatic hydroxyl groups is 1. The highest BCUT2D eigenvalue weighted by molar-refractivity contribution is 5.81. The van der Waals surface area contributed by atoms with Gasteiger partial charge in [0.1, 0.15) is 5.60 Å². The number of aliphatic hydroxyl groups excluding tert-OH is 1. The summed E-state index contributed by atoms with van der Waals surface area (Å²) in [4.78, 5) is 29.8.